The molecule has 0 aliphatic carbocycles. The van der Waals surface area contributed by atoms with Crippen molar-refractivity contribution in [3.8, 4) is 5.75 Å². The van der Waals surface area contributed by atoms with Gasteiger partial charge in [0.15, 0.2) is 5.82 Å². The van der Waals surface area contributed by atoms with Gasteiger partial charge in [-0.2, -0.15) is 0 Å². The summed E-state index contributed by atoms with van der Waals surface area (Å²) in [6.45, 7) is -0.0394. The maximum atomic E-state index is 12.5. The number of hydrogen-bond donors (Lipinski definition) is 4. The second-order valence-corrected chi connectivity index (χ2v) is 6.78. The maximum absolute atomic E-state index is 12.5. The van der Waals surface area contributed by atoms with Gasteiger partial charge in [-0.15, -0.1) is 10.2 Å². The minimum Gasteiger partial charge on any atom is -0.497 e. The number of nitrogens with one attached hydrogen (secondary N) is 3. The number of halogens is 1. The molecule has 2 amide bonds. The van der Waals surface area contributed by atoms with Gasteiger partial charge in [0.25, 0.3) is 0 Å². The van der Waals surface area contributed by atoms with Crippen LogP contribution in [-0.4, -0.2) is 40.0 Å². The summed E-state index contributed by atoms with van der Waals surface area (Å²) in [4.78, 5) is 15.6. The highest BCUT2D eigenvalue weighted by Crippen LogP contribution is 2.19. The molecule has 0 spiro atoms. The van der Waals surface area contributed by atoms with Crippen LogP contribution < -0.4 is 15.4 Å². The lowest BCUT2D eigenvalue weighted by Gasteiger charge is -2.17. The first-order valence-corrected chi connectivity index (χ1v) is 9.43. The molecule has 2 aromatic carbocycles. The SMILES string of the molecule is COc1ccc(C[C@H](NC(=O)Nc2ccc(Cl)cc2)c2nnc(CCO)[nH]2)cc1. The van der Waals surface area contributed by atoms with Gasteiger partial charge in [0.2, 0.25) is 0 Å². The van der Waals surface area contributed by atoms with Gasteiger partial charge in [-0.25, -0.2) is 4.79 Å². The number of anilines is 1. The Labute approximate surface area is 173 Å². The van der Waals surface area contributed by atoms with E-state index in [2.05, 4.69) is 25.8 Å². The van der Waals surface area contributed by atoms with Gasteiger partial charge in [-0.1, -0.05) is 23.7 Å². The second-order valence-electron chi connectivity index (χ2n) is 6.34. The van der Waals surface area contributed by atoms with Crippen LogP contribution in [0.15, 0.2) is 48.5 Å². The maximum Gasteiger partial charge on any atom is 0.319 e. The number of methoxy groups -OCH3 is 1. The smallest absolute Gasteiger partial charge is 0.319 e. The molecule has 0 radical (unpaired) electrons. The molecule has 0 aliphatic rings. The van der Waals surface area contributed by atoms with E-state index in [0.717, 1.165) is 11.3 Å². The van der Waals surface area contributed by atoms with Crippen molar-refractivity contribution in [2.75, 3.05) is 19.0 Å². The number of rotatable bonds is 8. The van der Waals surface area contributed by atoms with Gasteiger partial charge >= 0.3 is 6.03 Å². The van der Waals surface area contributed by atoms with Crippen molar-refractivity contribution >= 4 is 23.3 Å². The first-order valence-electron chi connectivity index (χ1n) is 9.05. The third-order valence-electron chi connectivity index (χ3n) is 4.24. The Balaban J connectivity index is 1.75. The summed E-state index contributed by atoms with van der Waals surface area (Å²) in [5, 5.41) is 23.5. The molecule has 1 heterocycles. The van der Waals surface area contributed by atoms with Crippen LogP contribution in [0.4, 0.5) is 10.5 Å². The molecule has 152 valence electrons. The number of carbonyl (C=O) groups is 1. The van der Waals surface area contributed by atoms with Crippen LogP contribution in [0.5, 0.6) is 5.75 Å². The fourth-order valence-electron chi connectivity index (χ4n) is 2.76. The van der Waals surface area contributed by atoms with Crippen LogP contribution in [0.2, 0.25) is 5.02 Å². The first kappa shape index (κ1) is 20.6. The van der Waals surface area contributed by atoms with Gasteiger partial charge in [0, 0.05) is 23.6 Å². The number of ether oxygens (including phenoxy) is 1. The minimum absolute atomic E-state index is 0.0394. The predicted octanol–water partition coefficient (Wildman–Crippen LogP) is 3.11. The Morgan fingerprint density at radius 2 is 1.90 bits per heavy atom. The van der Waals surface area contributed by atoms with Gasteiger partial charge in [-0.3, -0.25) is 0 Å². The Morgan fingerprint density at radius 1 is 1.17 bits per heavy atom. The Morgan fingerprint density at radius 3 is 2.55 bits per heavy atom. The van der Waals surface area contributed by atoms with E-state index in [9.17, 15) is 4.79 Å². The molecule has 0 saturated carbocycles. The van der Waals surface area contributed by atoms with Crippen LogP contribution in [0.1, 0.15) is 23.3 Å². The standard InChI is InChI=1S/C20H22ClN5O3/c1-29-16-8-2-13(3-9-16)12-17(19-24-18(10-11-27)25-26-19)23-20(28)22-15-6-4-14(21)5-7-15/h2-9,17,27H,10-12H2,1H3,(H2,22,23,28)(H,24,25,26)/t17-/m0/s1. The summed E-state index contributed by atoms with van der Waals surface area (Å²) >= 11 is 5.88. The normalized spacial score (nSPS) is 11.7. The average molecular weight is 416 g/mol. The van der Waals surface area contributed by atoms with Crippen LogP contribution in [0.25, 0.3) is 0 Å². The highest BCUT2D eigenvalue weighted by molar-refractivity contribution is 6.30. The van der Waals surface area contributed by atoms with E-state index in [1.54, 1.807) is 31.4 Å². The highest BCUT2D eigenvalue weighted by atomic mass is 35.5. The van der Waals surface area contributed by atoms with Crippen molar-refractivity contribution in [2.45, 2.75) is 18.9 Å². The van der Waals surface area contributed by atoms with Gasteiger partial charge in [-0.05, 0) is 42.0 Å². The largest absolute Gasteiger partial charge is 0.497 e. The molecule has 29 heavy (non-hydrogen) atoms. The molecule has 0 saturated heterocycles. The molecule has 4 N–H and O–H groups in total. The van der Waals surface area contributed by atoms with Crippen LogP contribution in [-0.2, 0) is 12.8 Å². The summed E-state index contributed by atoms with van der Waals surface area (Å²) in [5.41, 5.74) is 1.61. The monoisotopic (exact) mass is 415 g/mol. The number of aromatic nitrogens is 3. The summed E-state index contributed by atoms with van der Waals surface area (Å²) in [7, 11) is 1.61. The summed E-state index contributed by atoms with van der Waals surface area (Å²) < 4.78 is 5.19. The van der Waals surface area contributed by atoms with Crippen molar-refractivity contribution < 1.29 is 14.6 Å². The molecule has 1 atom stereocenters. The molecule has 0 fully saturated rings. The molecule has 1 aromatic heterocycles. The zero-order valence-corrected chi connectivity index (χ0v) is 16.6. The molecule has 0 unspecified atom stereocenters. The highest BCUT2D eigenvalue weighted by Gasteiger charge is 2.20. The molecular weight excluding hydrogens is 394 g/mol. The van der Waals surface area contributed by atoms with E-state index < -0.39 is 6.04 Å². The van der Waals surface area contributed by atoms with Crippen molar-refractivity contribution in [3.05, 3.63) is 70.8 Å². The number of amides is 2. The molecule has 3 rings (SSSR count). The van der Waals surface area contributed by atoms with Gasteiger partial charge in [0.05, 0.1) is 19.8 Å². The summed E-state index contributed by atoms with van der Waals surface area (Å²) in [5.74, 6) is 1.82. The van der Waals surface area contributed by atoms with Crippen molar-refractivity contribution in [1.82, 2.24) is 20.5 Å². The molecule has 3 aromatic rings. The van der Waals surface area contributed by atoms with Gasteiger partial charge < -0.3 is 25.5 Å². The number of benzene rings is 2. The third kappa shape index (κ3) is 5.94. The van der Waals surface area contributed by atoms with E-state index in [-0.39, 0.29) is 12.6 Å². The number of aromatic amines is 1. The lowest BCUT2D eigenvalue weighted by Crippen LogP contribution is -2.34. The lowest BCUT2D eigenvalue weighted by molar-refractivity contribution is 0.248. The lowest BCUT2D eigenvalue weighted by atomic mass is 10.1. The number of hydrogen-bond acceptors (Lipinski definition) is 5. The summed E-state index contributed by atoms with van der Waals surface area (Å²) in [6.07, 6.45) is 0.852. The van der Waals surface area contributed by atoms with E-state index in [1.807, 2.05) is 24.3 Å². The van der Waals surface area contributed by atoms with Gasteiger partial charge in [0.1, 0.15) is 11.6 Å². The fraction of sp³-hybridized carbons (Fsp3) is 0.250. The molecule has 8 nitrogen and oxygen atoms in total. The van der Waals surface area contributed by atoms with Crippen LogP contribution in [0.3, 0.4) is 0 Å². The van der Waals surface area contributed by atoms with E-state index in [0.29, 0.717) is 35.2 Å². The number of H-pyrrole nitrogens is 1. The zero-order valence-electron chi connectivity index (χ0n) is 15.9. The van der Waals surface area contributed by atoms with Crippen molar-refractivity contribution in [2.24, 2.45) is 0 Å². The van der Waals surface area contributed by atoms with E-state index >= 15 is 0 Å². The van der Waals surface area contributed by atoms with Crippen LogP contribution in [0, 0.1) is 0 Å². The van der Waals surface area contributed by atoms with Crippen molar-refractivity contribution in [3.63, 3.8) is 0 Å². The Bertz CT molecular complexity index is 928. The topological polar surface area (TPSA) is 112 Å². The van der Waals surface area contributed by atoms with Crippen molar-refractivity contribution in [1.29, 1.82) is 0 Å². The molecule has 0 aliphatic heterocycles. The fourth-order valence-corrected chi connectivity index (χ4v) is 2.89. The Hall–Kier alpha value is -3.10. The minimum atomic E-state index is -0.448. The Kier molecular flexibility index (Phi) is 7.04. The predicted molar refractivity (Wildman–Crippen MR) is 110 cm³/mol. The number of aliphatic hydroxyl groups excluding tert-OH is 1. The first-order chi connectivity index (χ1) is 14.1. The quantitative estimate of drug-likeness (QED) is 0.451. The summed E-state index contributed by atoms with van der Waals surface area (Å²) in [6, 6.07) is 13.6. The number of urea groups is 1. The number of nitrogens with zero attached hydrogens (tertiary/aromatic N) is 2. The molecule has 9 heteroatoms. The second kappa shape index (κ2) is 9.90. The third-order valence-corrected chi connectivity index (χ3v) is 4.49. The number of aliphatic hydroxyl groups is 1. The average Bonchev–Trinajstić information content (AvgIpc) is 3.19. The van der Waals surface area contributed by atoms with Crippen LogP contribution >= 0.6 is 11.6 Å². The number of carbonyl (C=O) groups excluding carboxylic acids is 1. The molecule has 0 bridgehead atoms. The zero-order chi connectivity index (χ0) is 20.6. The van der Waals surface area contributed by atoms with E-state index in [4.69, 9.17) is 21.4 Å². The molecular formula is C20H22ClN5O3. The van der Waals surface area contributed by atoms with E-state index in [1.165, 1.54) is 0 Å².